The van der Waals surface area contributed by atoms with Gasteiger partial charge in [-0.3, -0.25) is 0 Å². The third-order valence-electron chi connectivity index (χ3n) is 6.65. The molecule has 0 fully saturated rings. The van der Waals surface area contributed by atoms with Gasteiger partial charge in [0.1, 0.15) is 0 Å². The van der Waals surface area contributed by atoms with Gasteiger partial charge in [-0.2, -0.15) is 0 Å². The highest BCUT2D eigenvalue weighted by Gasteiger charge is 2.09. The summed E-state index contributed by atoms with van der Waals surface area (Å²) >= 11 is 0. The maximum atomic E-state index is 5.50. The Labute approximate surface area is 237 Å². The van der Waals surface area contributed by atoms with Crippen molar-refractivity contribution in [2.75, 3.05) is 18.0 Å². The Morgan fingerprint density at radius 2 is 0.872 bits per heavy atom. The number of nitrogens with zero attached hydrogens (tertiary/aromatic N) is 1. The van der Waals surface area contributed by atoms with E-state index in [2.05, 4.69) is 72.5 Å². The summed E-state index contributed by atoms with van der Waals surface area (Å²) in [7, 11) is 0. The zero-order chi connectivity index (χ0) is 27.7. The Kier molecular flexibility index (Phi) is 12.4. The Balaban J connectivity index is 1.95. The molecule has 0 unspecified atom stereocenters. The highest BCUT2D eigenvalue weighted by Crippen LogP contribution is 2.21. The quantitative estimate of drug-likeness (QED) is 0.185. The molecule has 3 aromatic carbocycles. The maximum Gasteiger partial charge on any atom is 0.0391 e. The minimum Gasteiger partial charge on any atom is -0.371 e. The molecule has 0 aliphatic rings. The van der Waals surface area contributed by atoms with Gasteiger partial charge < -0.3 is 4.90 Å². The van der Waals surface area contributed by atoms with Crippen molar-refractivity contribution in [3.05, 3.63) is 100 Å². The summed E-state index contributed by atoms with van der Waals surface area (Å²) in [4.78, 5) is 2.53. The van der Waals surface area contributed by atoms with Gasteiger partial charge in [-0.1, -0.05) is 87.9 Å². The maximum absolute atomic E-state index is 5.50. The number of hydrogen-bond acceptors (Lipinski definition) is 1. The summed E-state index contributed by atoms with van der Waals surface area (Å²) in [6.07, 6.45) is 21.0. The third kappa shape index (κ3) is 10.2. The number of unbranched alkanes of at least 4 members (excludes halogenated alkanes) is 6. The van der Waals surface area contributed by atoms with E-state index in [4.69, 9.17) is 12.8 Å². The summed E-state index contributed by atoms with van der Waals surface area (Å²) in [5.41, 5.74) is 6.73. The molecule has 39 heavy (non-hydrogen) atoms. The molecule has 1 nitrogen and oxygen atoms in total. The molecule has 3 rings (SSSR count). The van der Waals surface area contributed by atoms with E-state index in [1.807, 2.05) is 48.5 Å². The Bertz CT molecular complexity index is 1280. The van der Waals surface area contributed by atoms with Crippen LogP contribution >= 0.6 is 0 Å². The summed E-state index contributed by atoms with van der Waals surface area (Å²) in [6, 6.07) is 22.1. The number of hydrogen-bond donors (Lipinski definition) is 0. The number of terminal acetylenes is 2. The van der Waals surface area contributed by atoms with Gasteiger partial charge >= 0.3 is 0 Å². The van der Waals surface area contributed by atoms with E-state index in [1.165, 1.54) is 57.1 Å². The Hall–Kier alpha value is -4.30. The van der Waals surface area contributed by atoms with Crippen molar-refractivity contribution in [3.8, 4) is 48.4 Å². The Morgan fingerprint density at radius 1 is 0.487 bits per heavy atom. The van der Waals surface area contributed by atoms with Crippen LogP contribution in [0.1, 0.15) is 98.6 Å². The van der Waals surface area contributed by atoms with Gasteiger partial charge in [0.25, 0.3) is 0 Å². The molecule has 0 spiro atoms. The number of benzene rings is 3. The monoisotopic (exact) mass is 509 g/mol. The first kappa shape index (κ1) is 29.3. The van der Waals surface area contributed by atoms with E-state index < -0.39 is 0 Å². The molecule has 1 heteroatoms. The van der Waals surface area contributed by atoms with Crippen molar-refractivity contribution < 1.29 is 0 Å². The van der Waals surface area contributed by atoms with Crippen LogP contribution in [0.3, 0.4) is 0 Å². The minimum absolute atomic E-state index is 0.858. The number of rotatable bonds is 11. The first-order chi connectivity index (χ1) is 19.1. The largest absolute Gasteiger partial charge is 0.371 e. The van der Waals surface area contributed by atoms with Crippen LogP contribution < -0.4 is 4.90 Å². The van der Waals surface area contributed by atoms with Crippen LogP contribution in [0.4, 0.5) is 5.69 Å². The van der Waals surface area contributed by atoms with Crippen LogP contribution in [-0.2, 0) is 0 Å². The van der Waals surface area contributed by atoms with Crippen LogP contribution in [0.2, 0.25) is 0 Å². The molecule has 0 radical (unpaired) electrons. The summed E-state index contributed by atoms with van der Waals surface area (Å²) in [6.45, 7) is 6.62. The summed E-state index contributed by atoms with van der Waals surface area (Å²) < 4.78 is 0. The predicted molar refractivity (Wildman–Crippen MR) is 168 cm³/mol. The van der Waals surface area contributed by atoms with E-state index in [-0.39, 0.29) is 0 Å². The highest BCUT2D eigenvalue weighted by molar-refractivity contribution is 5.60. The average Bonchev–Trinajstić information content (AvgIpc) is 2.98. The van der Waals surface area contributed by atoms with E-state index in [9.17, 15) is 0 Å². The molecular weight excluding hydrogens is 470 g/mol. The van der Waals surface area contributed by atoms with Gasteiger partial charge in [-0.25, -0.2) is 0 Å². The van der Waals surface area contributed by atoms with Crippen LogP contribution in [0, 0.1) is 48.4 Å². The van der Waals surface area contributed by atoms with Gasteiger partial charge in [0.05, 0.1) is 0 Å². The van der Waals surface area contributed by atoms with Crippen molar-refractivity contribution in [1.82, 2.24) is 0 Å². The summed E-state index contributed by atoms with van der Waals surface area (Å²) in [5, 5.41) is 0. The van der Waals surface area contributed by atoms with Crippen LogP contribution in [0.5, 0.6) is 0 Å². The van der Waals surface area contributed by atoms with Crippen molar-refractivity contribution in [2.45, 2.75) is 65.2 Å². The van der Waals surface area contributed by atoms with Crippen molar-refractivity contribution in [3.63, 3.8) is 0 Å². The topological polar surface area (TPSA) is 3.24 Å². The highest BCUT2D eigenvalue weighted by atomic mass is 15.1. The fourth-order valence-electron chi connectivity index (χ4n) is 4.36. The van der Waals surface area contributed by atoms with Crippen molar-refractivity contribution in [1.29, 1.82) is 0 Å². The van der Waals surface area contributed by atoms with E-state index in [0.29, 0.717) is 0 Å². The third-order valence-corrected chi connectivity index (χ3v) is 6.65. The molecule has 0 saturated carbocycles. The second kappa shape index (κ2) is 16.5. The molecule has 3 aromatic rings. The van der Waals surface area contributed by atoms with Gasteiger partial charge in [0.2, 0.25) is 0 Å². The zero-order valence-corrected chi connectivity index (χ0v) is 23.5. The van der Waals surface area contributed by atoms with Gasteiger partial charge in [-0.15, -0.1) is 12.8 Å². The van der Waals surface area contributed by atoms with E-state index in [1.54, 1.807) is 0 Å². The fourth-order valence-corrected chi connectivity index (χ4v) is 4.36. The van der Waals surface area contributed by atoms with Crippen LogP contribution in [0.15, 0.2) is 66.7 Å². The molecule has 0 bridgehead atoms. The van der Waals surface area contributed by atoms with Gasteiger partial charge in [-0.05, 0) is 79.6 Å². The molecule has 0 atom stereocenters. The molecule has 0 amide bonds. The number of anilines is 1. The lowest BCUT2D eigenvalue weighted by Crippen LogP contribution is -2.26. The molecule has 0 aliphatic heterocycles. The smallest absolute Gasteiger partial charge is 0.0391 e. The van der Waals surface area contributed by atoms with Gasteiger partial charge in [0.15, 0.2) is 0 Å². The molecule has 0 saturated heterocycles. The summed E-state index contributed by atoms with van der Waals surface area (Å²) in [5.74, 6) is 18.7. The SMILES string of the molecule is C#Cc1ccc(C#Cc2cc(C#Cc3ccc(C#C)cc3)cc(N(CCCCCC)CCCCCC)c2)cc1. The first-order valence-electron chi connectivity index (χ1n) is 14.2. The average molecular weight is 510 g/mol. The van der Waals surface area contributed by atoms with Crippen molar-refractivity contribution in [2.24, 2.45) is 0 Å². The van der Waals surface area contributed by atoms with Crippen LogP contribution in [-0.4, -0.2) is 13.1 Å². The lowest BCUT2D eigenvalue weighted by atomic mass is 10.1. The molecule has 0 aromatic heterocycles. The van der Waals surface area contributed by atoms with E-state index >= 15 is 0 Å². The predicted octanol–water partition coefficient (Wildman–Crippen LogP) is 8.42. The molecule has 196 valence electrons. The van der Waals surface area contributed by atoms with Crippen LogP contribution in [0.25, 0.3) is 0 Å². The second-order valence-corrected chi connectivity index (χ2v) is 9.82. The lowest BCUT2D eigenvalue weighted by Gasteiger charge is -2.25. The molecule has 0 N–H and O–H groups in total. The standard InChI is InChI=1S/C38H39N/c1-5-9-11-13-27-39(28-14-12-10-6-2)38-30-36(25-23-34-19-15-32(7-3)16-20-34)29-37(31-38)26-24-35-21-17-33(8-4)18-22-35/h3-4,15-22,29-31H,5-6,9-14,27-28H2,1-2H3. The van der Waals surface area contributed by atoms with E-state index in [0.717, 1.165) is 46.5 Å². The fraction of sp³-hybridized carbons (Fsp3) is 0.316. The van der Waals surface area contributed by atoms with Crippen molar-refractivity contribution >= 4 is 5.69 Å². The minimum atomic E-state index is 0.858. The second-order valence-electron chi connectivity index (χ2n) is 9.82. The molecule has 0 heterocycles. The lowest BCUT2D eigenvalue weighted by molar-refractivity contribution is 0.609. The zero-order valence-electron chi connectivity index (χ0n) is 23.5. The first-order valence-corrected chi connectivity index (χ1v) is 14.2. The molecular formula is C38H39N. The van der Waals surface area contributed by atoms with Gasteiger partial charge in [0, 0.05) is 52.2 Å². The molecule has 0 aliphatic carbocycles. The normalized spacial score (nSPS) is 9.85. The Morgan fingerprint density at radius 3 is 1.26 bits per heavy atom.